The van der Waals surface area contributed by atoms with Crippen molar-refractivity contribution in [3.63, 3.8) is 0 Å². The molecule has 8 aromatic carbocycles. The van der Waals surface area contributed by atoms with Crippen LogP contribution in [0.2, 0.25) is 0 Å². The van der Waals surface area contributed by atoms with E-state index in [-0.39, 0.29) is 5.41 Å². The van der Waals surface area contributed by atoms with Crippen LogP contribution in [0.3, 0.4) is 0 Å². The van der Waals surface area contributed by atoms with E-state index in [9.17, 15) is 0 Å². The molecule has 1 spiro atoms. The molecule has 2 heterocycles. The second-order valence-corrected chi connectivity index (χ2v) is 15.2. The van der Waals surface area contributed by atoms with E-state index in [4.69, 9.17) is 9.97 Å². The summed E-state index contributed by atoms with van der Waals surface area (Å²) in [4.78, 5) is 12.7. The largest absolute Gasteiger partial charge is 0.228 e. The first-order valence-corrected chi connectivity index (χ1v) is 19.2. The zero-order valence-corrected chi connectivity index (χ0v) is 30.1. The van der Waals surface area contributed by atoms with Gasteiger partial charge in [-0.3, -0.25) is 0 Å². The highest BCUT2D eigenvalue weighted by Crippen LogP contribution is 2.62. The monoisotopic (exact) mass is 704 g/mol. The van der Waals surface area contributed by atoms with Gasteiger partial charge in [-0.05, 0) is 86.0 Å². The average molecular weight is 705 g/mol. The van der Waals surface area contributed by atoms with E-state index >= 15 is 0 Å². The standard InChI is InChI=1S/C51H32N2S/c1-2-13-34(14-3-1)49-41-19-6-10-23-46(41)52-50(53-49)35-27-25-33(26-28-35)36-15-12-16-37(31-36)38-29-30-48-45(32-38)51(44-22-9-11-24-47(44)54-48)42-20-7-4-17-39(42)40-18-5-8-21-43(40)51/h1-32H. The van der Waals surface area contributed by atoms with Crippen LogP contribution in [0.1, 0.15) is 22.3 Å². The summed E-state index contributed by atoms with van der Waals surface area (Å²) in [5.41, 5.74) is 16.4. The Hall–Kier alpha value is -6.55. The summed E-state index contributed by atoms with van der Waals surface area (Å²) in [5.74, 6) is 0.727. The van der Waals surface area contributed by atoms with Crippen molar-refractivity contribution in [2.24, 2.45) is 0 Å². The molecular formula is C51H32N2S. The average Bonchev–Trinajstić information content (AvgIpc) is 3.54. The van der Waals surface area contributed by atoms with Crippen molar-refractivity contribution in [1.82, 2.24) is 9.97 Å². The van der Waals surface area contributed by atoms with E-state index < -0.39 is 0 Å². The highest BCUT2D eigenvalue weighted by Gasteiger charge is 2.50. The molecule has 252 valence electrons. The maximum absolute atomic E-state index is 5.09. The van der Waals surface area contributed by atoms with Crippen LogP contribution < -0.4 is 0 Å². The zero-order chi connectivity index (χ0) is 35.6. The third kappa shape index (κ3) is 4.68. The van der Waals surface area contributed by atoms with Crippen molar-refractivity contribution >= 4 is 22.7 Å². The summed E-state index contributed by atoms with van der Waals surface area (Å²) in [6.07, 6.45) is 0. The minimum absolute atomic E-state index is 0.390. The van der Waals surface area contributed by atoms with Crippen molar-refractivity contribution in [3.8, 4) is 56.0 Å². The fourth-order valence-electron chi connectivity index (χ4n) is 8.75. The van der Waals surface area contributed by atoms with Gasteiger partial charge in [0.2, 0.25) is 0 Å². The Morgan fingerprint density at radius 3 is 1.69 bits per heavy atom. The molecule has 3 heteroatoms. The van der Waals surface area contributed by atoms with E-state index in [1.54, 1.807) is 0 Å². The maximum atomic E-state index is 5.09. The van der Waals surface area contributed by atoms with Gasteiger partial charge >= 0.3 is 0 Å². The molecule has 0 N–H and O–H groups in total. The smallest absolute Gasteiger partial charge is 0.160 e. The molecule has 0 atom stereocenters. The summed E-state index contributed by atoms with van der Waals surface area (Å²) in [6, 6.07) is 70.3. The SMILES string of the molecule is c1ccc(-c2nc(-c3ccc(-c4cccc(-c5ccc6c(c5)C5(c7ccccc7S6)c6ccccc6-c6ccccc65)c4)cc3)nc3ccccc23)cc1. The molecule has 1 aliphatic carbocycles. The molecule has 2 nitrogen and oxygen atoms in total. The summed E-state index contributed by atoms with van der Waals surface area (Å²) in [7, 11) is 0. The van der Waals surface area contributed by atoms with Crippen molar-refractivity contribution in [2.75, 3.05) is 0 Å². The van der Waals surface area contributed by atoms with Gasteiger partial charge in [-0.25, -0.2) is 9.97 Å². The lowest BCUT2D eigenvalue weighted by Crippen LogP contribution is -2.32. The fraction of sp³-hybridized carbons (Fsp3) is 0.0196. The zero-order valence-electron chi connectivity index (χ0n) is 29.3. The van der Waals surface area contributed by atoms with E-state index in [2.05, 4.69) is 176 Å². The Labute approximate surface area is 318 Å². The highest BCUT2D eigenvalue weighted by molar-refractivity contribution is 7.99. The number of rotatable bonds is 4. The first-order valence-electron chi connectivity index (χ1n) is 18.4. The van der Waals surface area contributed by atoms with Crippen molar-refractivity contribution < 1.29 is 0 Å². The molecule has 0 bridgehead atoms. The van der Waals surface area contributed by atoms with Gasteiger partial charge in [0.1, 0.15) is 0 Å². The molecule has 54 heavy (non-hydrogen) atoms. The summed E-state index contributed by atoms with van der Waals surface area (Å²) in [6.45, 7) is 0. The lowest BCUT2D eigenvalue weighted by molar-refractivity contribution is 0.723. The number of benzene rings is 8. The minimum Gasteiger partial charge on any atom is -0.228 e. The van der Waals surface area contributed by atoms with Gasteiger partial charge in [0.25, 0.3) is 0 Å². The molecule has 2 aliphatic rings. The van der Waals surface area contributed by atoms with Gasteiger partial charge in [-0.1, -0.05) is 176 Å². The topological polar surface area (TPSA) is 25.8 Å². The van der Waals surface area contributed by atoms with Crippen LogP contribution in [0.25, 0.3) is 66.9 Å². The minimum atomic E-state index is -0.390. The van der Waals surface area contributed by atoms with Crippen LogP contribution in [0.15, 0.2) is 204 Å². The van der Waals surface area contributed by atoms with Gasteiger partial charge in [0.05, 0.1) is 16.6 Å². The number of fused-ring (bicyclic) bond motifs is 10. The number of hydrogen-bond acceptors (Lipinski definition) is 3. The van der Waals surface area contributed by atoms with Crippen LogP contribution in [0, 0.1) is 0 Å². The lowest BCUT2D eigenvalue weighted by atomic mass is 9.67. The predicted molar refractivity (Wildman–Crippen MR) is 223 cm³/mol. The van der Waals surface area contributed by atoms with E-state index in [0.717, 1.165) is 39.1 Å². The van der Waals surface area contributed by atoms with Gasteiger partial charge in [-0.2, -0.15) is 0 Å². The summed E-state index contributed by atoms with van der Waals surface area (Å²) >= 11 is 1.89. The Balaban J connectivity index is 0.999. The number of hydrogen-bond donors (Lipinski definition) is 0. The predicted octanol–water partition coefficient (Wildman–Crippen LogP) is 13.1. The third-order valence-corrected chi connectivity index (χ3v) is 12.3. The Morgan fingerprint density at radius 1 is 0.352 bits per heavy atom. The molecule has 0 amide bonds. The normalized spacial score (nSPS) is 13.3. The number of nitrogens with zero attached hydrogens (tertiary/aromatic N) is 2. The third-order valence-electron chi connectivity index (χ3n) is 11.2. The molecule has 1 aromatic heterocycles. The molecule has 0 fully saturated rings. The Bertz CT molecular complexity index is 2870. The van der Waals surface area contributed by atoms with Crippen LogP contribution in [0.5, 0.6) is 0 Å². The molecule has 9 aromatic rings. The van der Waals surface area contributed by atoms with Crippen LogP contribution >= 0.6 is 11.8 Å². The van der Waals surface area contributed by atoms with Crippen LogP contribution in [-0.4, -0.2) is 9.97 Å². The van der Waals surface area contributed by atoms with Crippen LogP contribution in [-0.2, 0) is 5.41 Å². The molecule has 0 radical (unpaired) electrons. The molecule has 0 unspecified atom stereocenters. The number of aromatic nitrogens is 2. The molecule has 1 aliphatic heterocycles. The Kier molecular flexibility index (Phi) is 7.05. The second kappa shape index (κ2) is 12.3. The highest BCUT2D eigenvalue weighted by atomic mass is 32.2. The maximum Gasteiger partial charge on any atom is 0.160 e. The quantitative estimate of drug-likeness (QED) is 0.182. The fourth-order valence-corrected chi connectivity index (χ4v) is 9.92. The summed E-state index contributed by atoms with van der Waals surface area (Å²) in [5, 5.41) is 1.05. The molecular weight excluding hydrogens is 673 g/mol. The Morgan fingerprint density at radius 2 is 0.907 bits per heavy atom. The van der Waals surface area contributed by atoms with Crippen molar-refractivity contribution in [1.29, 1.82) is 0 Å². The van der Waals surface area contributed by atoms with Crippen molar-refractivity contribution in [3.05, 3.63) is 216 Å². The van der Waals surface area contributed by atoms with E-state index in [1.807, 2.05) is 30.0 Å². The molecule has 0 saturated heterocycles. The van der Waals surface area contributed by atoms with Gasteiger partial charge in [-0.15, -0.1) is 0 Å². The van der Waals surface area contributed by atoms with Gasteiger partial charge in [0, 0.05) is 26.3 Å². The molecule has 11 rings (SSSR count). The van der Waals surface area contributed by atoms with Crippen LogP contribution in [0.4, 0.5) is 0 Å². The summed E-state index contributed by atoms with van der Waals surface area (Å²) < 4.78 is 0. The lowest BCUT2D eigenvalue weighted by Gasteiger charge is -2.40. The van der Waals surface area contributed by atoms with E-state index in [1.165, 1.54) is 59.9 Å². The van der Waals surface area contributed by atoms with Crippen molar-refractivity contribution in [2.45, 2.75) is 15.2 Å². The molecule has 0 saturated carbocycles. The first kappa shape index (κ1) is 31.0. The van der Waals surface area contributed by atoms with Gasteiger partial charge < -0.3 is 0 Å². The van der Waals surface area contributed by atoms with E-state index in [0.29, 0.717) is 0 Å². The number of para-hydroxylation sites is 1. The first-order chi connectivity index (χ1) is 26.8. The van der Waals surface area contributed by atoms with Gasteiger partial charge in [0.15, 0.2) is 5.82 Å². The second-order valence-electron chi connectivity index (χ2n) is 14.1.